The second kappa shape index (κ2) is 10.6. The minimum absolute atomic E-state index is 0.236. The number of hydrogen-bond acceptors (Lipinski definition) is 1. The summed E-state index contributed by atoms with van der Waals surface area (Å²) in [5.74, 6) is -2.37. The van der Waals surface area contributed by atoms with E-state index in [1.807, 2.05) is 6.07 Å². The smallest absolute Gasteiger partial charge is 0.133 e. The second-order valence-corrected chi connectivity index (χ2v) is 9.08. The van der Waals surface area contributed by atoms with Crippen LogP contribution in [0.25, 0.3) is 0 Å². The normalized spacial score (nSPS) is 11.3. The molecule has 0 saturated carbocycles. The molecule has 0 fully saturated rings. The topological polar surface area (TPSA) is 12.9 Å². The van der Waals surface area contributed by atoms with Crippen LogP contribution >= 0.6 is 11.6 Å². The zero-order chi connectivity index (χ0) is 25.9. The molecular formula is C31H20ClF4N. The Bertz CT molecular complexity index is 1410. The molecule has 6 heteroatoms. The Labute approximate surface area is 217 Å². The summed E-state index contributed by atoms with van der Waals surface area (Å²) in [6.07, 6.45) is 1.63. The van der Waals surface area contributed by atoms with Gasteiger partial charge in [-0.05, 0) is 82.4 Å². The molecule has 0 saturated heterocycles. The maximum absolute atomic E-state index is 13.7. The zero-order valence-corrected chi connectivity index (χ0v) is 20.1. The molecular weight excluding hydrogens is 498 g/mol. The van der Waals surface area contributed by atoms with Crippen molar-refractivity contribution >= 4 is 11.6 Å². The third-order valence-electron chi connectivity index (χ3n) is 6.35. The number of halogens is 5. The van der Waals surface area contributed by atoms with E-state index in [4.69, 9.17) is 11.6 Å². The summed E-state index contributed by atoms with van der Waals surface area (Å²) in [7, 11) is 0. The van der Waals surface area contributed by atoms with Crippen molar-refractivity contribution in [3.63, 3.8) is 0 Å². The lowest BCUT2D eigenvalue weighted by atomic mass is 9.82. The Balaban J connectivity index is 1.69. The molecule has 0 amide bonds. The van der Waals surface area contributed by atoms with Gasteiger partial charge in [0, 0.05) is 23.6 Å². The summed E-state index contributed by atoms with van der Waals surface area (Å²) in [4.78, 5) is 4.46. The molecule has 0 aliphatic heterocycles. The van der Waals surface area contributed by atoms with Crippen molar-refractivity contribution < 1.29 is 17.6 Å². The van der Waals surface area contributed by atoms with E-state index in [0.717, 1.165) is 27.8 Å². The molecule has 0 N–H and O–H groups in total. The lowest BCUT2D eigenvalue weighted by Crippen LogP contribution is -2.09. The lowest BCUT2D eigenvalue weighted by molar-refractivity contribution is 0.625. The van der Waals surface area contributed by atoms with Gasteiger partial charge in [0.15, 0.2) is 0 Å². The van der Waals surface area contributed by atoms with Gasteiger partial charge < -0.3 is 0 Å². The maximum Gasteiger partial charge on any atom is 0.133 e. The third kappa shape index (κ3) is 5.42. The molecule has 0 bridgehead atoms. The molecule has 0 atom stereocenters. The van der Waals surface area contributed by atoms with Gasteiger partial charge in [0.25, 0.3) is 0 Å². The van der Waals surface area contributed by atoms with Gasteiger partial charge in [-0.1, -0.05) is 60.1 Å². The molecule has 5 rings (SSSR count). The van der Waals surface area contributed by atoms with Gasteiger partial charge in [-0.15, -0.1) is 0 Å². The Morgan fingerprint density at radius 1 is 0.459 bits per heavy atom. The minimum atomic E-state index is -0.469. The standard InChI is InChI=1S/C31H20ClF4N/c32-31-28(30(21-5-13-26(35)14-6-21)22-7-15-27(36)16-8-22)17-23(18-37-31)29(19-1-9-24(33)10-2-19)20-3-11-25(34)12-4-20/h1-18,29-30H. The number of benzene rings is 4. The Kier molecular flexibility index (Phi) is 7.06. The minimum Gasteiger partial charge on any atom is -0.244 e. The quantitative estimate of drug-likeness (QED) is 0.162. The lowest BCUT2D eigenvalue weighted by Gasteiger charge is -2.23. The van der Waals surface area contributed by atoms with Crippen LogP contribution in [0.4, 0.5) is 17.6 Å². The molecule has 1 nitrogen and oxygen atoms in total. The summed E-state index contributed by atoms with van der Waals surface area (Å²) in [6, 6.07) is 26.1. The Hall–Kier alpha value is -3.96. The third-order valence-corrected chi connectivity index (χ3v) is 6.66. The average molecular weight is 518 g/mol. The van der Waals surface area contributed by atoms with Crippen LogP contribution in [-0.2, 0) is 0 Å². The van der Waals surface area contributed by atoms with Gasteiger partial charge >= 0.3 is 0 Å². The largest absolute Gasteiger partial charge is 0.244 e. The van der Waals surface area contributed by atoms with Crippen molar-refractivity contribution in [1.29, 1.82) is 0 Å². The highest BCUT2D eigenvalue weighted by molar-refractivity contribution is 6.30. The molecule has 1 heterocycles. The van der Waals surface area contributed by atoms with Crippen LogP contribution < -0.4 is 0 Å². The monoisotopic (exact) mass is 517 g/mol. The summed E-state index contributed by atoms with van der Waals surface area (Å²) in [6.45, 7) is 0. The highest BCUT2D eigenvalue weighted by Gasteiger charge is 2.24. The summed E-state index contributed by atoms with van der Waals surface area (Å²) >= 11 is 6.63. The molecule has 0 unspecified atom stereocenters. The van der Waals surface area contributed by atoms with Gasteiger partial charge in [0.2, 0.25) is 0 Å². The van der Waals surface area contributed by atoms with E-state index in [2.05, 4.69) is 4.98 Å². The Morgan fingerprint density at radius 2 is 0.784 bits per heavy atom. The van der Waals surface area contributed by atoms with E-state index < -0.39 is 11.8 Å². The number of rotatable bonds is 6. The molecule has 1 aromatic heterocycles. The van der Waals surface area contributed by atoms with Crippen LogP contribution in [-0.4, -0.2) is 4.98 Å². The van der Waals surface area contributed by atoms with Crippen molar-refractivity contribution in [3.8, 4) is 0 Å². The van der Waals surface area contributed by atoms with Crippen molar-refractivity contribution in [1.82, 2.24) is 4.98 Å². The molecule has 0 radical (unpaired) electrons. The second-order valence-electron chi connectivity index (χ2n) is 8.72. The molecule has 4 aromatic carbocycles. The van der Waals surface area contributed by atoms with Gasteiger partial charge in [-0.3, -0.25) is 0 Å². The van der Waals surface area contributed by atoms with Crippen LogP contribution in [0.3, 0.4) is 0 Å². The fraction of sp³-hybridized carbons (Fsp3) is 0.0645. The van der Waals surface area contributed by atoms with E-state index >= 15 is 0 Å². The van der Waals surface area contributed by atoms with E-state index in [9.17, 15) is 17.6 Å². The fourth-order valence-corrected chi connectivity index (χ4v) is 4.80. The first kappa shape index (κ1) is 24.7. The Morgan fingerprint density at radius 3 is 1.14 bits per heavy atom. The summed E-state index contributed by atoms with van der Waals surface area (Å²) < 4.78 is 55.0. The predicted octanol–water partition coefficient (Wildman–Crippen LogP) is 8.65. The first-order valence-corrected chi connectivity index (χ1v) is 11.9. The fourth-order valence-electron chi connectivity index (χ4n) is 4.59. The molecule has 0 aliphatic carbocycles. The first-order valence-electron chi connectivity index (χ1n) is 11.6. The van der Waals surface area contributed by atoms with Gasteiger partial charge in [-0.2, -0.15) is 0 Å². The van der Waals surface area contributed by atoms with Crippen molar-refractivity contribution in [2.75, 3.05) is 0 Å². The number of pyridine rings is 1. The molecule has 184 valence electrons. The van der Waals surface area contributed by atoms with Crippen molar-refractivity contribution in [2.45, 2.75) is 11.8 Å². The number of nitrogens with zero attached hydrogens (tertiary/aromatic N) is 1. The van der Waals surface area contributed by atoms with Crippen LogP contribution in [0.2, 0.25) is 5.15 Å². The zero-order valence-electron chi connectivity index (χ0n) is 19.4. The average Bonchev–Trinajstić information content (AvgIpc) is 2.90. The van der Waals surface area contributed by atoms with E-state index in [1.165, 1.54) is 48.5 Å². The van der Waals surface area contributed by atoms with E-state index in [1.54, 1.807) is 54.7 Å². The molecule has 5 aromatic rings. The molecule has 37 heavy (non-hydrogen) atoms. The van der Waals surface area contributed by atoms with E-state index in [-0.39, 0.29) is 28.4 Å². The molecule has 0 aliphatic rings. The highest BCUT2D eigenvalue weighted by Crippen LogP contribution is 2.39. The summed E-state index contributed by atoms with van der Waals surface area (Å²) in [5, 5.41) is 0.236. The van der Waals surface area contributed by atoms with Crippen LogP contribution in [0, 0.1) is 23.3 Å². The SMILES string of the molecule is Fc1ccc(C(c2ccc(F)cc2)c2cnc(Cl)c(C(c3ccc(F)cc3)c3ccc(F)cc3)c2)cc1. The maximum atomic E-state index is 13.7. The van der Waals surface area contributed by atoms with Gasteiger partial charge in [-0.25, -0.2) is 22.5 Å². The number of hydrogen-bond donors (Lipinski definition) is 0. The van der Waals surface area contributed by atoms with Crippen LogP contribution in [0.1, 0.15) is 45.2 Å². The molecule has 0 spiro atoms. The van der Waals surface area contributed by atoms with Crippen LogP contribution in [0.5, 0.6) is 0 Å². The highest BCUT2D eigenvalue weighted by atomic mass is 35.5. The van der Waals surface area contributed by atoms with Crippen molar-refractivity contribution in [2.24, 2.45) is 0 Å². The van der Waals surface area contributed by atoms with Crippen LogP contribution in [0.15, 0.2) is 109 Å². The first-order chi connectivity index (χ1) is 17.9. The van der Waals surface area contributed by atoms with E-state index in [0.29, 0.717) is 5.56 Å². The van der Waals surface area contributed by atoms with Crippen molar-refractivity contribution in [3.05, 3.63) is 171 Å². The number of aromatic nitrogens is 1. The summed E-state index contributed by atoms with van der Waals surface area (Å²) in [5.41, 5.74) is 4.42. The van der Waals surface area contributed by atoms with Gasteiger partial charge in [0.05, 0.1) is 0 Å². The predicted molar refractivity (Wildman–Crippen MR) is 137 cm³/mol. The van der Waals surface area contributed by atoms with Gasteiger partial charge in [0.1, 0.15) is 28.4 Å².